The van der Waals surface area contributed by atoms with E-state index in [1.54, 1.807) is 36.4 Å². The van der Waals surface area contributed by atoms with E-state index < -0.39 is 16.0 Å². The summed E-state index contributed by atoms with van der Waals surface area (Å²) in [5.41, 5.74) is 2.13. The molecular formula is C18H19NO4S. The summed E-state index contributed by atoms with van der Waals surface area (Å²) in [4.78, 5) is 11.7. The Morgan fingerprint density at radius 1 is 1.08 bits per heavy atom. The van der Waals surface area contributed by atoms with Crippen molar-refractivity contribution in [3.63, 3.8) is 0 Å². The van der Waals surface area contributed by atoms with Gasteiger partial charge >= 0.3 is 5.97 Å². The molecule has 0 amide bonds. The summed E-state index contributed by atoms with van der Waals surface area (Å²) in [6.07, 6.45) is 1.75. The minimum atomic E-state index is -3.52. The Kier molecular flexibility index (Phi) is 4.43. The first-order valence-electron chi connectivity index (χ1n) is 7.84. The summed E-state index contributed by atoms with van der Waals surface area (Å²) in [7, 11) is -3.52. The van der Waals surface area contributed by atoms with Crippen molar-refractivity contribution in [3.05, 3.63) is 53.6 Å². The van der Waals surface area contributed by atoms with Crippen molar-refractivity contribution in [2.24, 2.45) is 0 Å². The third-order valence-electron chi connectivity index (χ3n) is 4.25. The molecular weight excluding hydrogens is 326 g/mol. The number of carboxylic acid groups (broad SMARTS) is 1. The number of rotatable bonds is 4. The lowest BCUT2D eigenvalue weighted by Gasteiger charge is -2.16. The van der Waals surface area contributed by atoms with Crippen molar-refractivity contribution < 1.29 is 18.3 Å². The summed E-state index contributed by atoms with van der Waals surface area (Å²) < 4.78 is 26.9. The largest absolute Gasteiger partial charge is 0.478 e. The lowest BCUT2D eigenvalue weighted by molar-refractivity contribution is 0.0697. The molecule has 0 bridgehead atoms. The van der Waals surface area contributed by atoms with Crippen LogP contribution in [0.4, 0.5) is 0 Å². The lowest BCUT2D eigenvalue weighted by Crippen LogP contribution is -2.27. The van der Waals surface area contributed by atoms with Gasteiger partial charge in [0.15, 0.2) is 0 Å². The Morgan fingerprint density at radius 2 is 1.79 bits per heavy atom. The van der Waals surface area contributed by atoms with E-state index in [4.69, 9.17) is 0 Å². The van der Waals surface area contributed by atoms with E-state index in [1.807, 2.05) is 13.0 Å². The quantitative estimate of drug-likeness (QED) is 0.924. The number of hydrogen-bond acceptors (Lipinski definition) is 3. The van der Waals surface area contributed by atoms with Crippen LogP contribution in [-0.2, 0) is 10.0 Å². The number of carboxylic acids is 1. The van der Waals surface area contributed by atoms with Crippen LogP contribution in [0.25, 0.3) is 11.1 Å². The fourth-order valence-corrected chi connectivity index (χ4v) is 4.55. The fraction of sp³-hybridized carbons (Fsp3) is 0.278. The monoisotopic (exact) mass is 345 g/mol. The van der Waals surface area contributed by atoms with Crippen molar-refractivity contribution in [3.8, 4) is 11.1 Å². The molecule has 6 heteroatoms. The third-order valence-corrected chi connectivity index (χ3v) is 6.15. The van der Waals surface area contributed by atoms with Gasteiger partial charge in [0, 0.05) is 13.1 Å². The van der Waals surface area contributed by atoms with Crippen LogP contribution in [0.2, 0.25) is 0 Å². The van der Waals surface area contributed by atoms with Crippen molar-refractivity contribution in [2.75, 3.05) is 13.1 Å². The molecule has 1 saturated heterocycles. The van der Waals surface area contributed by atoms with Crippen LogP contribution in [0, 0.1) is 6.92 Å². The van der Waals surface area contributed by atoms with Gasteiger partial charge in [-0.3, -0.25) is 0 Å². The number of aryl methyl sites for hydroxylation is 1. The molecule has 5 nitrogen and oxygen atoms in total. The van der Waals surface area contributed by atoms with Crippen molar-refractivity contribution in [2.45, 2.75) is 24.7 Å². The molecule has 1 aliphatic heterocycles. The standard InChI is InChI=1S/C18H19NO4S/c1-13-7-8-16(17(11-13)18(20)21)14-5-4-6-15(12-14)24(22,23)19-9-2-3-10-19/h4-8,11-12H,2-3,9-10H2,1H3,(H,20,21). The molecule has 24 heavy (non-hydrogen) atoms. The minimum absolute atomic E-state index is 0.172. The minimum Gasteiger partial charge on any atom is -0.478 e. The molecule has 3 rings (SSSR count). The van der Waals surface area contributed by atoms with Crippen LogP contribution in [0.1, 0.15) is 28.8 Å². The molecule has 1 aliphatic rings. The zero-order valence-corrected chi connectivity index (χ0v) is 14.2. The predicted molar refractivity (Wildman–Crippen MR) is 91.6 cm³/mol. The van der Waals surface area contributed by atoms with E-state index in [2.05, 4.69) is 0 Å². The second-order valence-corrected chi connectivity index (χ2v) is 7.93. The van der Waals surface area contributed by atoms with Crippen LogP contribution in [0.15, 0.2) is 47.4 Å². The molecule has 0 saturated carbocycles. The average molecular weight is 345 g/mol. The van der Waals surface area contributed by atoms with Gasteiger partial charge in [0.2, 0.25) is 10.0 Å². The van der Waals surface area contributed by atoms with Crippen LogP contribution < -0.4 is 0 Å². The topological polar surface area (TPSA) is 74.7 Å². The van der Waals surface area contributed by atoms with Crippen LogP contribution in [-0.4, -0.2) is 36.9 Å². The van der Waals surface area contributed by atoms with E-state index in [9.17, 15) is 18.3 Å². The molecule has 0 aromatic heterocycles. The molecule has 1 N–H and O–H groups in total. The molecule has 0 spiro atoms. The maximum atomic E-state index is 12.7. The SMILES string of the molecule is Cc1ccc(-c2cccc(S(=O)(=O)N3CCCC3)c2)c(C(=O)O)c1. The Morgan fingerprint density at radius 3 is 2.46 bits per heavy atom. The van der Waals surface area contributed by atoms with Gasteiger partial charge in [0.05, 0.1) is 10.5 Å². The first-order valence-corrected chi connectivity index (χ1v) is 9.28. The number of hydrogen-bond donors (Lipinski definition) is 1. The fourth-order valence-electron chi connectivity index (χ4n) is 2.99. The van der Waals surface area contributed by atoms with Gasteiger partial charge in [0.25, 0.3) is 0 Å². The molecule has 2 aromatic carbocycles. The van der Waals surface area contributed by atoms with Gasteiger partial charge in [-0.1, -0.05) is 29.8 Å². The van der Waals surface area contributed by atoms with Crippen LogP contribution in [0.3, 0.4) is 0 Å². The summed E-state index contributed by atoms with van der Waals surface area (Å²) in [6, 6.07) is 11.7. The number of sulfonamides is 1. The molecule has 1 heterocycles. The zero-order chi connectivity index (χ0) is 17.3. The molecule has 2 aromatic rings. The smallest absolute Gasteiger partial charge is 0.336 e. The number of benzene rings is 2. The van der Waals surface area contributed by atoms with Gasteiger partial charge in [-0.2, -0.15) is 4.31 Å². The first kappa shape index (κ1) is 16.7. The average Bonchev–Trinajstić information content (AvgIpc) is 3.10. The molecule has 1 fully saturated rings. The van der Waals surface area contributed by atoms with Gasteiger partial charge in [-0.15, -0.1) is 0 Å². The highest BCUT2D eigenvalue weighted by Crippen LogP contribution is 2.29. The van der Waals surface area contributed by atoms with E-state index in [0.29, 0.717) is 24.2 Å². The van der Waals surface area contributed by atoms with E-state index in [-0.39, 0.29) is 10.5 Å². The first-order chi connectivity index (χ1) is 11.4. The van der Waals surface area contributed by atoms with Crippen molar-refractivity contribution in [1.82, 2.24) is 4.31 Å². The van der Waals surface area contributed by atoms with Crippen molar-refractivity contribution >= 4 is 16.0 Å². The molecule has 0 aliphatic carbocycles. The summed E-state index contributed by atoms with van der Waals surface area (Å²) in [5.74, 6) is -1.03. The van der Waals surface area contributed by atoms with Gasteiger partial charge < -0.3 is 5.11 Å². The molecule has 0 atom stereocenters. The summed E-state index contributed by atoms with van der Waals surface area (Å²) in [6.45, 7) is 2.90. The highest BCUT2D eigenvalue weighted by molar-refractivity contribution is 7.89. The zero-order valence-electron chi connectivity index (χ0n) is 13.4. The second-order valence-electron chi connectivity index (χ2n) is 5.99. The molecule has 0 radical (unpaired) electrons. The van der Waals surface area contributed by atoms with E-state index >= 15 is 0 Å². The molecule has 126 valence electrons. The van der Waals surface area contributed by atoms with Gasteiger partial charge in [-0.25, -0.2) is 13.2 Å². The number of nitrogens with zero attached hydrogens (tertiary/aromatic N) is 1. The maximum absolute atomic E-state index is 12.7. The normalized spacial score (nSPS) is 15.5. The summed E-state index contributed by atoms with van der Waals surface area (Å²) >= 11 is 0. The van der Waals surface area contributed by atoms with Gasteiger partial charge in [0.1, 0.15) is 0 Å². The Balaban J connectivity index is 2.08. The predicted octanol–water partition coefficient (Wildman–Crippen LogP) is 3.14. The van der Waals surface area contributed by atoms with Crippen LogP contribution in [0.5, 0.6) is 0 Å². The highest BCUT2D eigenvalue weighted by Gasteiger charge is 2.27. The maximum Gasteiger partial charge on any atom is 0.336 e. The summed E-state index contributed by atoms with van der Waals surface area (Å²) in [5, 5.41) is 9.43. The Labute approximate surface area is 141 Å². The second kappa shape index (κ2) is 6.37. The van der Waals surface area contributed by atoms with Crippen molar-refractivity contribution in [1.29, 1.82) is 0 Å². The van der Waals surface area contributed by atoms with Crippen LogP contribution >= 0.6 is 0 Å². The third kappa shape index (κ3) is 3.07. The number of carbonyl (C=O) groups is 1. The highest BCUT2D eigenvalue weighted by atomic mass is 32.2. The van der Waals surface area contributed by atoms with E-state index in [0.717, 1.165) is 18.4 Å². The van der Waals surface area contributed by atoms with Gasteiger partial charge in [-0.05, 0) is 49.1 Å². The Bertz CT molecular complexity index is 884. The molecule has 0 unspecified atom stereocenters. The lowest BCUT2D eigenvalue weighted by atomic mass is 9.98. The van der Waals surface area contributed by atoms with E-state index in [1.165, 1.54) is 4.31 Å². The number of aromatic carboxylic acids is 1. The Hall–Kier alpha value is -2.18.